The van der Waals surface area contributed by atoms with Gasteiger partial charge < -0.3 is 4.90 Å². The largest absolute Gasteiger partial charge is 0.320 e. The third kappa shape index (κ3) is 3.48. The van der Waals surface area contributed by atoms with E-state index in [0.29, 0.717) is 30.1 Å². The Kier molecular flexibility index (Phi) is 4.71. The lowest BCUT2D eigenvalue weighted by Gasteiger charge is -2.22. The molecule has 3 aromatic rings. The molecule has 1 fully saturated rings. The standard InChI is InChI=1S/C19H17FN4OS/c20-16-9-5-4-8-15(16)11-23-12-17(21-22-23)19-24(18(25)13-26-19)10-14-6-2-1-3-7-14/h1-9,12,19H,10-11,13H2/t19-/m0/s1. The van der Waals surface area contributed by atoms with Crippen molar-refractivity contribution < 1.29 is 9.18 Å². The highest BCUT2D eigenvalue weighted by Gasteiger charge is 2.34. The zero-order valence-electron chi connectivity index (χ0n) is 14.0. The van der Waals surface area contributed by atoms with Crippen LogP contribution in [0.25, 0.3) is 0 Å². The van der Waals surface area contributed by atoms with Gasteiger partial charge in [-0.1, -0.05) is 53.7 Å². The van der Waals surface area contributed by atoms with E-state index in [2.05, 4.69) is 10.3 Å². The van der Waals surface area contributed by atoms with Crippen molar-refractivity contribution in [2.45, 2.75) is 18.5 Å². The number of amides is 1. The van der Waals surface area contributed by atoms with Crippen molar-refractivity contribution in [3.05, 3.63) is 83.4 Å². The fourth-order valence-corrected chi connectivity index (χ4v) is 4.07. The molecule has 0 radical (unpaired) electrons. The second-order valence-electron chi connectivity index (χ2n) is 6.10. The van der Waals surface area contributed by atoms with Crippen LogP contribution in [0, 0.1) is 5.82 Å². The molecule has 0 aliphatic carbocycles. The summed E-state index contributed by atoms with van der Waals surface area (Å²) in [7, 11) is 0. The van der Waals surface area contributed by atoms with Gasteiger partial charge in [-0.3, -0.25) is 4.79 Å². The van der Waals surface area contributed by atoms with E-state index in [1.165, 1.54) is 6.07 Å². The summed E-state index contributed by atoms with van der Waals surface area (Å²) in [6, 6.07) is 16.5. The normalized spacial score (nSPS) is 17.0. The molecule has 1 aliphatic heterocycles. The van der Waals surface area contributed by atoms with Crippen LogP contribution in [0.1, 0.15) is 22.2 Å². The van der Waals surface area contributed by atoms with Crippen LogP contribution in [0.15, 0.2) is 60.8 Å². The number of carbonyl (C=O) groups is 1. The lowest BCUT2D eigenvalue weighted by atomic mass is 10.2. The average Bonchev–Trinajstić information content (AvgIpc) is 3.25. The summed E-state index contributed by atoms with van der Waals surface area (Å²) in [5, 5.41) is 8.17. The summed E-state index contributed by atoms with van der Waals surface area (Å²) in [6.07, 6.45) is 1.79. The molecule has 7 heteroatoms. The molecule has 4 rings (SSSR count). The fourth-order valence-electron chi connectivity index (χ4n) is 2.96. The lowest BCUT2D eigenvalue weighted by molar-refractivity contribution is -0.128. The van der Waals surface area contributed by atoms with Gasteiger partial charge in [-0.25, -0.2) is 9.07 Å². The number of nitrogens with zero attached hydrogens (tertiary/aromatic N) is 4. The molecule has 132 valence electrons. The molecule has 0 bridgehead atoms. The summed E-state index contributed by atoms with van der Waals surface area (Å²) < 4.78 is 15.4. The monoisotopic (exact) mass is 368 g/mol. The van der Waals surface area contributed by atoms with Crippen LogP contribution in [-0.4, -0.2) is 31.6 Å². The van der Waals surface area contributed by atoms with Crippen LogP contribution >= 0.6 is 11.8 Å². The predicted octanol–water partition coefficient (Wildman–Crippen LogP) is 3.24. The smallest absolute Gasteiger partial charge is 0.234 e. The van der Waals surface area contributed by atoms with Crippen molar-refractivity contribution in [1.29, 1.82) is 0 Å². The van der Waals surface area contributed by atoms with Crippen LogP contribution in [0.2, 0.25) is 0 Å². The lowest BCUT2D eigenvalue weighted by Crippen LogP contribution is -2.27. The third-order valence-electron chi connectivity index (χ3n) is 4.26. The number of benzene rings is 2. The number of carbonyl (C=O) groups excluding carboxylic acids is 1. The molecule has 0 saturated carbocycles. The Hall–Kier alpha value is -2.67. The molecule has 2 heterocycles. The van der Waals surface area contributed by atoms with Crippen molar-refractivity contribution >= 4 is 17.7 Å². The van der Waals surface area contributed by atoms with E-state index < -0.39 is 0 Å². The highest BCUT2D eigenvalue weighted by Crippen LogP contribution is 2.38. The summed E-state index contributed by atoms with van der Waals surface area (Å²) in [5.41, 5.74) is 2.35. The number of aromatic nitrogens is 3. The third-order valence-corrected chi connectivity index (χ3v) is 5.49. The van der Waals surface area contributed by atoms with Crippen LogP contribution in [0.5, 0.6) is 0 Å². The van der Waals surface area contributed by atoms with E-state index in [1.54, 1.807) is 40.8 Å². The van der Waals surface area contributed by atoms with Crippen molar-refractivity contribution in [1.82, 2.24) is 19.9 Å². The molecule has 1 saturated heterocycles. The Morgan fingerprint density at radius 3 is 2.65 bits per heavy atom. The molecule has 1 aliphatic rings. The van der Waals surface area contributed by atoms with E-state index in [-0.39, 0.29) is 17.1 Å². The van der Waals surface area contributed by atoms with Gasteiger partial charge in [-0.2, -0.15) is 0 Å². The molecule has 26 heavy (non-hydrogen) atoms. The summed E-state index contributed by atoms with van der Waals surface area (Å²) in [5.74, 6) is 0.255. The van der Waals surface area contributed by atoms with Crippen molar-refractivity contribution in [3.8, 4) is 0 Å². The van der Waals surface area contributed by atoms with Gasteiger partial charge in [0.15, 0.2) is 0 Å². The van der Waals surface area contributed by atoms with Crippen LogP contribution in [0.3, 0.4) is 0 Å². The molecular formula is C19H17FN4OS. The molecular weight excluding hydrogens is 351 g/mol. The van der Waals surface area contributed by atoms with Crippen molar-refractivity contribution in [3.63, 3.8) is 0 Å². The fraction of sp³-hybridized carbons (Fsp3) is 0.211. The number of thioether (sulfide) groups is 1. The van der Waals surface area contributed by atoms with Gasteiger partial charge in [0.05, 0.1) is 18.5 Å². The van der Waals surface area contributed by atoms with E-state index in [9.17, 15) is 9.18 Å². The Bertz CT molecular complexity index is 915. The van der Waals surface area contributed by atoms with Gasteiger partial charge in [-0.05, 0) is 11.6 Å². The topological polar surface area (TPSA) is 51.0 Å². The zero-order chi connectivity index (χ0) is 17.9. The maximum atomic E-state index is 13.8. The highest BCUT2D eigenvalue weighted by atomic mass is 32.2. The average molecular weight is 368 g/mol. The zero-order valence-corrected chi connectivity index (χ0v) is 14.8. The Balaban J connectivity index is 1.52. The maximum absolute atomic E-state index is 13.8. The second-order valence-corrected chi connectivity index (χ2v) is 7.17. The summed E-state index contributed by atoms with van der Waals surface area (Å²) >= 11 is 1.54. The molecule has 1 aromatic heterocycles. The van der Waals surface area contributed by atoms with Crippen molar-refractivity contribution in [2.75, 3.05) is 5.75 Å². The molecule has 1 atom stereocenters. The van der Waals surface area contributed by atoms with Crippen LogP contribution in [-0.2, 0) is 17.9 Å². The van der Waals surface area contributed by atoms with E-state index >= 15 is 0 Å². The predicted molar refractivity (Wildman–Crippen MR) is 97.7 cm³/mol. The minimum absolute atomic E-state index is 0.0903. The first-order valence-electron chi connectivity index (χ1n) is 8.29. The van der Waals surface area contributed by atoms with Crippen molar-refractivity contribution in [2.24, 2.45) is 0 Å². The molecule has 5 nitrogen and oxygen atoms in total. The molecule has 0 spiro atoms. The number of hydrogen-bond acceptors (Lipinski definition) is 4. The Labute approximate surface area is 154 Å². The first-order valence-corrected chi connectivity index (χ1v) is 9.34. The van der Waals surface area contributed by atoms with Gasteiger partial charge in [0.25, 0.3) is 0 Å². The van der Waals surface area contributed by atoms with Gasteiger partial charge in [0.2, 0.25) is 5.91 Å². The molecule has 0 N–H and O–H groups in total. The van der Waals surface area contributed by atoms with Crippen LogP contribution < -0.4 is 0 Å². The summed E-state index contributed by atoms with van der Waals surface area (Å²) in [4.78, 5) is 14.1. The van der Waals surface area contributed by atoms with E-state index in [1.807, 2.05) is 35.2 Å². The number of hydrogen-bond donors (Lipinski definition) is 0. The minimum Gasteiger partial charge on any atom is -0.320 e. The molecule has 0 unspecified atom stereocenters. The van der Waals surface area contributed by atoms with Gasteiger partial charge in [0.1, 0.15) is 16.9 Å². The molecule has 1 amide bonds. The molecule has 2 aromatic carbocycles. The first kappa shape index (κ1) is 16.8. The van der Waals surface area contributed by atoms with Gasteiger partial charge in [-0.15, -0.1) is 16.9 Å². The SMILES string of the molecule is O=C1CS[C@@H](c2cn(Cc3ccccc3F)nn2)N1Cc1ccccc1. The second kappa shape index (κ2) is 7.29. The Morgan fingerprint density at radius 2 is 1.85 bits per heavy atom. The number of rotatable bonds is 5. The van der Waals surface area contributed by atoms with Crippen LogP contribution in [0.4, 0.5) is 4.39 Å². The highest BCUT2D eigenvalue weighted by molar-refractivity contribution is 8.00. The summed E-state index contributed by atoms with van der Waals surface area (Å²) in [6.45, 7) is 0.848. The quantitative estimate of drug-likeness (QED) is 0.694. The number of halogens is 1. The van der Waals surface area contributed by atoms with Gasteiger partial charge in [0, 0.05) is 12.1 Å². The van der Waals surface area contributed by atoms with E-state index in [0.717, 1.165) is 5.56 Å². The first-order chi connectivity index (χ1) is 12.7. The van der Waals surface area contributed by atoms with E-state index in [4.69, 9.17) is 0 Å². The minimum atomic E-state index is -0.263. The van der Waals surface area contributed by atoms with Gasteiger partial charge >= 0.3 is 0 Å². The Morgan fingerprint density at radius 1 is 1.08 bits per heavy atom. The maximum Gasteiger partial charge on any atom is 0.234 e.